The molecule has 1 aromatic heterocycles. The van der Waals surface area contributed by atoms with E-state index < -0.39 is 11.7 Å². The average Bonchev–Trinajstić information content (AvgIpc) is 3.02. The van der Waals surface area contributed by atoms with Crippen LogP contribution in [-0.2, 0) is 0 Å². The highest BCUT2D eigenvalue weighted by Crippen LogP contribution is 2.33. The van der Waals surface area contributed by atoms with E-state index >= 15 is 0 Å². The third-order valence-corrected chi connectivity index (χ3v) is 4.68. The lowest BCUT2D eigenvalue weighted by Crippen LogP contribution is -2.27. The molecule has 0 spiro atoms. The van der Waals surface area contributed by atoms with Gasteiger partial charge >= 0.3 is 0 Å². The molecule has 1 atom stereocenters. The Hall–Kier alpha value is -2.86. The predicted octanol–water partition coefficient (Wildman–Crippen LogP) is 5.72. The van der Waals surface area contributed by atoms with Gasteiger partial charge in [0.25, 0.3) is 5.91 Å². The van der Waals surface area contributed by atoms with E-state index in [9.17, 15) is 9.18 Å². The Morgan fingerprint density at radius 3 is 2.62 bits per heavy atom. The fourth-order valence-electron chi connectivity index (χ4n) is 3.02. The largest absolute Gasteiger partial charge is 0.491 e. The summed E-state index contributed by atoms with van der Waals surface area (Å²) >= 11 is 6.14. The predicted molar refractivity (Wildman–Crippen MR) is 110 cm³/mol. The molecule has 0 fully saturated rings. The van der Waals surface area contributed by atoms with E-state index in [1.54, 1.807) is 6.92 Å². The second-order valence-corrected chi connectivity index (χ2v) is 7.40. The first kappa shape index (κ1) is 20.9. The van der Waals surface area contributed by atoms with Gasteiger partial charge in [0.15, 0.2) is 0 Å². The van der Waals surface area contributed by atoms with Gasteiger partial charge in [-0.05, 0) is 57.5 Å². The lowest BCUT2D eigenvalue weighted by atomic mass is 10.0. The monoisotopic (exact) mass is 416 g/mol. The number of carbonyl (C=O) groups is 1. The number of nitrogens with zero attached hydrogens (tertiary/aromatic N) is 1. The second-order valence-electron chi connectivity index (χ2n) is 6.99. The average molecular weight is 417 g/mol. The van der Waals surface area contributed by atoms with Crippen LogP contribution < -0.4 is 10.1 Å². The van der Waals surface area contributed by atoms with Crippen molar-refractivity contribution in [3.8, 4) is 17.0 Å². The van der Waals surface area contributed by atoms with Crippen molar-refractivity contribution in [2.24, 2.45) is 0 Å². The maximum atomic E-state index is 14.4. The first-order valence-electron chi connectivity index (χ1n) is 9.26. The first-order chi connectivity index (χ1) is 13.8. The summed E-state index contributed by atoms with van der Waals surface area (Å²) < 4.78 is 25.2. The zero-order chi connectivity index (χ0) is 21.1. The summed E-state index contributed by atoms with van der Waals surface area (Å²) in [4.78, 5) is 13.0. The Kier molecular flexibility index (Phi) is 6.23. The van der Waals surface area contributed by atoms with E-state index in [4.69, 9.17) is 20.9 Å². The summed E-state index contributed by atoms with van der Waals surface area (Å²) in [6, 6.07) is 11.5. The normalized spacial score (nSPS) is 12.1. The lowest BCUT2D eigenvalue weighted by molar-refractivity contribution is 0.0938. The Bertz CT molecular complexity index is 1010. The summed E-state index contributed by atoms with van der Waals surface area (Å²) in [5.74, 6) is -0.00770. The molecule has 152 valence electrons. The van der Waals surface area contributed by atoms with Crippen molar-refractivity contribution < 1.29 is 18.4 Å². The SMILES string of the molecule is Cc1onc(-c2c(F)cccc2Cl)c1C(=O)NC(C)c1cccc(OC(C)C)c1. The molecule has 7 heteroatoms. The molecule has 0 radical (unpaired) electrons. The minimum absolute atomic E-state index is 0.0381. The maximum absolute atomic E-state index is 14.4. The zero-order valence-corrected chi connectivity index (χ0v) is 17.4. The Balaban J connectivity index is 1.88. The van der Waals surface area contributed by atoms with Crippen LogP contribution in [0.3, 0.4) is 0 Å². The summed E-state index contributed by atoms with van der Waals surface area (Å²) in [5, 5.41) is 6.94. The molecule has 1 heterocycles. The molecule has 0 bridgehead atoms. The molecular weight excluding hydrogens is 395 g/mol. The molecule has 0 saturated heterocycles. The van der Waals surface area contributed by atoms with Crippen LogP contribution in [0.4, 0.5) is 4.39 Å². The molecule has 5 nitrogen and oxygen atoms in total. The quantitative estimate of drug-likeness (QED) is 0.558. The first-order valence-corrected chi connectivity index (χ1v) is 9.63. The Morgan fingerprint density at radius 1 is 1.21 bits per heavy atom. The van der Waals surface area contributed by atoms with Crippen molar-refractivity contribution in [1.29, 1.82) is 0 Å². The van der Waals surface area contributed by atoms with E-state index in [0.29, 0.717) is 0 Å². The summed E-state index contributed by atoms with van der Waals surface area (Å²) in [6.45, 7) is 7.34. The molecule has 3 aromatic rings. The molecule has 0 aliphatic rings. The fraction of sp³-hybridized carbons (Fsp3) is 0.273. The standard InChI is InChI=1S/C22H22ClFN2O3/c1-12(2)28-16-8-5-7-15(11-16)13(3)25-22(27)19-14(4)29-26-21(19)20-17(23)9-6-10-18(20)24/h5-13H,1-4H3,(H,25,27). The van der Waals surface area contributed by atoms with Gasteiger partial charge in [0.1, 0.15) is 28.6 Å². The number of halogens is 2. The van der Waals surface area contributed by atoms with Gasteiger partial charge in [0, 0.05) is 0 Å². The highest BCUT2D eigenvalue weighted by atomic mass is 35.5. The van der Waals surface area contributed by atoms with Crippen LogP contribution in [0.1, 0.15) is 48.5 Å². The number of amides is 1. The van der Waals surface area contributed by atoms with Crippen molar-refractivity contribution in [3.05, 3.63) is 70.2 Å². The minimum atomic E-state index is -0.577. The van der Waals surface area contributed by atoms with E-state index in [-0.39, 0.29) is 39.7 Å². The van der Waals surface area contributed by atoms with Crippen molar-refractivity contribution in [2.75, 3.05) is 0 Å². The van der Waals surface area contributed by atoms with Crippen LogP contribution in [0, 0.1) is 12.7 Å². The number of benzene rings is 2. The van der Waals surface area contributed by atoms with Crippen LogP contribution in [0.2, 0.25) is 5.02 Å². The van der Waals surface area contributed by atoms with Gasteiger partial charge in [-0.3, -0.25) is 4.79 Å². The van der Waals surface area contributed by atoms with Gasteiger partial charge < -0.3 is 14.6 Å². The van der Waals surface area contributed by atoms with E-state index in [0.717, 1.165) is 11.3 Å². The fourth-order valence-corrected chi connectivity index (χ4v) is 3.27. The van der Waals surface area contributed by atoms with Gasteiger partial charge in [-0.15, -0.1) is 0 Å². The molecular formula is C22H22ClFN2O3. The maximum Gasteiger partial charge on any atom is 0.257 e. The molecule has 2 aromatic carbocycles. The third-order valence-electron chi connectivity index (χ3n) is 4.37. The molecule has 29 heavy (non-hydrogen) atoms. The van der Waals surface area contributed by atoms with Crippen LogP contribution >= 0.6 is 11.6 Å². The van der Waals surface area contributed by atoms with Crippen molar-refractivity contribution in [1.82, 2.24) is 10.5 Å². The molecule has 0 saturated carbocycles. The van der Waals surface area contributed by atoms with E-state index in [1.807, 2.05) is 45.0 Å². The zero-order valence-electron chi connectivity index (χ0n) is 16.6. The number of rotatable bonds is 6. The molecule has 1 amide bonds. The third kappa shape index (κ3) is 4.59. The van der Waals surface area contributed by atoms with Gasteiger partial charge in [-0.2, -0.15) is 0 Å². The van der Waals surface area contributed by atoms with Crippen LogP contribution in [0.5, 0.6) is 5.75 Å². The lowest BCUT2D eigenvalue weighted by Gasteiger charge is -2.17. The van der Waals surface area contributed by atoms with E-state index in [1.165, 1.54) is 18.2 Å². The van der Waals surface area contributed by atoms with Crippen molar-refractivity contribution >= 4 is 17.5 Å². The van der Waals surface area contributed by atoms with E-state index in [2.05, 4.69) is 10.5 Å². The number of carbonyl (C=O) groups excluding carboxylic acids is 1. The summed E-state index contributed by atoms with van der Waals surface area (Å²) in [5.41, 5.74) is 1.14. The number of hydrogen-bond acceptors (Lipinski definition) is 4. The number of nitrogens with one attached hydrogen (secondary N) is 1. The second kappa shape index (κ2) is 8.66. The van der Waals surface area contributed by atoms with Gasteiger partial charge in [0.05, 0.1) is 22.7 Å². The molecule has 1 unspecified atom stereocenters. The van der Waals surface area contributed by atoms with Gasteiger partial charge in [-0.25, -0.2) is 4.39 Å². The van der Waals surface area contributed by atoms with Crippen LogP contribution in [-0.4, -0.2) is 17.2 Å². The van der Waals surface area contributed by atoms with Crippen molar-refractivity contribution in [3.63, 3.8) is 0 Å². The topological polar surface area (TPSA) is 64.4 Å². The highest BCUT2D eigenvalue weighted by molar-refractivity contribution is 6.33. The number of ether oxygens (including phenoxy) is 1. The van der Waals surface area contributed by atoms with Gasteiger partial charge in [-0.1, -0.05) is 35.0 Å². The molecule has 0 aliphatic carbocycles. The van der Waals surface area contributed by atoms with Crippen LogP contribution in [0.15, 0.2) is 47.0 Å². The Morgan fingerprint density at radius 2 is 1.93 bits per heavy atom. The molecule has 0 aliphatic heterocycles. The smallest absolute Gasteiger partial charge is 0.257 e. The number of hydrogen-bond donors (Lipinski definition) is 1. The minimum Gasteiger partial charge on any atom is -0.491 e. The van der Waals surface area contributed by atoms with Crippen molar-refractivity contribution in [2.45, 2.75) is 39.8 Å². The number of aryl methyl sites for hydroxylation is 1. The number of aromatic nitrogens is 1. The van der Waals surface area contributed by atoms with Gasteiger partial charge in [0.2, 0.25) is 0 Å². The summed E-state index contributed by atoms with van der Waals surface area (Å²) in [6.07, 6.45) is 0.0443. The summed E-state index contributed by atoms with van der Waals surface area (Å²) in [7, 11) is 0. The highest BCUT2D eigenvalue weighted by Gasteiger charge is 2.26. The molecule has 1 N–H and O–H groups in total. The molecule has 3 rings (SSSR count). The Labute approximate surface area is 173 Å². The van der Waals surface area contributed by atoms with Crippen LogP contribution in [0.25, 0.3) is 11.3 Å².